The number of carbonyl (C=O) groups excluding carboxylic acids is 1. The van der Waals surface area contributed by atoms with Crippen LogP contribution >= 0.6 is 0 Å². The second-order valence-electron chi connectivity index (χ2n) is 7.49. The smallest absolute Gasteiger partial charge is 0.266 e. The number of ether oxygens (including phenoxy) is 4. The van der Waals surface area contributed by atoms with Crippen molar-refractivity contribution in [3.05, 3.63) is 53.6 Å². The minimum atomic E-state index is -0.553. The lowest BCUT2D eigenvalue weighted by Gasteiger charge is -2.47. The van der Waals surface area contributed by atoms with Crippen LogP contribution in [0.4, 0.5) is 0 Å². The molecule has 3 atom stereocenters. The van der Waals surface area contributed by atoms with E-state index in [0.717, 1.165) is 42.1 Å². The number of likely N-dealkylation sites (tertiary alicyclic amines) is 1. The van der Waals surface area contributed by atoms with Gasteiger partial charge in [0.05, 0.1) is 6.10 Å². The summed E-state index contributed by atoms with van der Waals surface area (Å²) in [6.07, 6.45) is 1.58. The van der Waals surface area contributed by atoms with Crippen LogP contribution in [-0.2, 0) is 9.53 Å². The van der Waals surface area contributed by atoms with Crippen molar-refractivity contribution in [3.63, 3.8) is 0 Å². The van der Waals surface area contributed by atoms with Crippen LogP contribution in [0.25, 0.3) is 0 Å². The van der Waals surface area contributed by atoms with Crippen LogP contribution in [0.3, 0.4) is 0 Å². The number of carbonyl (C=O) groups is 1. The van der Waals surface area contributed by atoms with Gasteiger partial charge >= 0.3 is 0 Å². The first-order valence-electron chi connectivity index (χ1n) is 9.74. The van der Waals surface area contributed by atoms with Crippen molar-refractivity contribution in [2.24, 2.45) is 0 Å². The molecule has 2 fully saturated rings. The fourth-order valence-corrected chi connectivity index (χ4v) is 4.12. The van der Waals surface area contributed by atoms with E-state index in [0.29, 0.717) is 12.3 Å². The first kappa shape index (κ1) is 17.4. The van der Waals surface area contributed by atoms with E-state index in [2.05, 4.69) is 0 Å². The highest BCUT2D eigenvalue weighted by Crippen LogP contribution is 2.42. The van der Waals surface area contributed by atoms with Crippen molar-refractivity contribution in [2.45, 2.75) is 38.0 Å². The molecule has 146 valence electrons. The standard InChI is InChI=1S/C22H23NO5/c1-14-5-2-3-7-17(14)28-21-20(15-8-9-18-19(11-15)27-13-26-18)23(22(21)24)12-16-6-4-10-25-16/h2-3,5,7-9,11,16,20-21H,4,6,10,12-13H2,1H3/t16-,20+,21+/m0/s1. The average molecular weight is 381 g/mol. The Labute approximate surface area is 163 Å². The summed E-state index contributed by atoms with van der Waals surface area (Å²) < 4.78 is 22.9. The van der Waals surface area contributed by atoms with E-state index in [1.54, 1.807) is 0 Å². The molecule has 0 N–H and O–H groups in total. The van der Waals surface area contributed by atoms with Crippen LogP contribution in [0.15, 0.2) is 42.5 Å². The topological polar surface area (TPSA) is 57.2 Å². The van der Waals surface area contributed by atoms with Gasteiger partial charge in [0.15, 0.2) is 11.5 Å². The summed E-state index contributed by atoms with van der Waals surface area (Å²) in [4.78, 5) is 14.8. The average Bonchev–Trinajstić information content (AvgIpc) is 3.39. The minimum absolute atomic E-state index is 0.00131. The van der Waals surface area contributed by atoms with Crippen LogP contribution in [0.2, 0.25) is 0 Å². The molecule has 3 aliphatic heterocycles. The van der Waals surface area contributed by atoms with Crippen molar-refractivity contribution >= 4 is 5.91 Å². The molecule has 0 saturated carbocycles. The van der Waals surface area contributed by atoms with Gasteiger partial charge in [-0.2, -0.15) is 0 Å². The number of nitrogens with zero attached hydrogens (tertiary/aromatic N) is 1. The zero-order valence-corrected chi connectivity index (χ0v) is 15.8. The van der Waals surface area contributed by atoms with Gasteiger partial charge in [-0.1, -0.05) is 24.3 Å². The first-order valence-corrected chi connectivity index (χ1v) is 9.74. The molecule has 0 aromatic heterocycles. The van der Waals surface area contributed by atoms with Gasteiger partial charge in [0.2, 0.25) is 12.9 Å². The number of hydrogen-bond acceptors (Lipinski definition) is 5. The first-order chi connectivity index (χ1) is 13.7. The monoisotopic (exact) mass is 381 g/mol. The zero-order valence-electron chi connectivity index (χ0n) is 15.8. The lowest BCUT2D eigenvalue weighted by molar-refractivity contribution is -0.167. The number of amides is 1. The largest absolute Gasteiger partial charge is 0.478 e. The Morgan fingerprint density at radius 3 is 2.82 bits per heavy atom. The van der Waals surface area contributed by atoms with Crippen molar-refractivity contribution in [2.75, 3.05) is 19.9 Å². The maximum absolute atomic E-state index is 13.0. The summed E-state index contributed by atoms with van der Waals surface area (Å²) in [7, 11) is 0. The third kappa shape index (κ3) is 2.98. The third-order valence-electron chi connectivity index (χ3n) is 5.66. The lowest BCUT2D eigenvalue weighted by atomic mass is 9.89. The molecule has 1 amide bonds. The Hall–Kier alpha value is -2.73. The highest BCUT2D eigenvalue weighted by molar-refractivity contribution is 5.89. The number of fused-ring (bicyclic) bond motifs is 1. The predicted octanol–water partition coefficient (Wildman–Crippen LogP) is 3.23. The van der Waals surface area contributed by atoms with Crippen molar-refractivity contribution in [1.82, 2.24) is 4.90 Å². The fraction of sp³-hybridized carbons (Fsp3) is 0.409. The molecule has 0 radical (unpaired) electrons. The molecule has 6 nitrogen and oxygen atoms in total. The number of para-hydroxylation sites is 1. The number of rotatable bonds is 5. The van der Waals surface area contributed by atoms with Gasteiger partial charge in [-0.3, -0.25) is 4.79 Å². The SMILES string of the molecule is Cc1ccccc1O[C@H]1C(=O)N(C[C@@H]2CCCO2)[C@@H]1c1ccc2c(c1)OCO2. The maximum Gasteiger partial charge on any atom is 0.266 e. The van der Waals surface area contributed by atoms with Crippen LogP contribution in [-0.4, -0.2) is 43.0 Å². The molecule has 0 spiro atoms. The molecular weight excluding hydrogens is 358 g/mol. The van der Waals surface area contributed by atoms with Crippen LogP contribution in [0.5, 0.6) is 17.2 Å². The van der Waals surface area contributed by atoms with Crippen molar-refractivity contribution in [3.8, 4) is 17.2 Å². The zero-order chi connectivity index (χ0) is 19.1. The molecule has 5 rings (SSSR count). The number of aryl methyl sites for hydroxylation is 1. The summed E-state index contributed by atoms with van der Waals surface area (Å²) in [5, 5.41) is 0. The Morgan fingerprint density at radius 1 is 1.14 bits per heavy atom. The molecule has 0 bridgehead atoms. The van der Waals surface area contributed by atoms with Crippen LogP contribution < -0.4 is 14.2 Å². The van der Waals surface area contributed by atoms with Gasteiger partial charge in [0.25, 0.3) is 5.91 Å². The van der Waals surface area contributed by atoms with Gasteiger partial charge in [-0.25, -0.2) is 0 Å². The summed E-state index contributed by atoms with van der Waals surface area (Å²) in [6.45, 7) is 3.57. The predicted molar refractivity (Wildman–Crippen MR) is 102 cm³/mol. The fourth-order valence-electron chi connectivity index (χ4n) is 4.12. The van der Waals surface area contributed by atoms with Gasteiger partial charge in [-0.15, -0.1) is 0 Å². The van der Waals surface area contributed by atoms with Crippen molar-refractivity contribution < 1.29 is 23.7 Å². The molecule has 2 aromatic rings. The molecule has 3 aliphatic rings. The van der Waals surface area contributed by atoms with E-state index >= 15 is 0 Å². The molecule has 28 heavy (non-hydrogen) atoms. The molecule has 2 aromatic carbocycles. The molecular formula is C22H23NO5. The summed E-state index contributed by atoms with van der Waals surface area (Å²) >= 11 is 0. The van der Waals surface area contributed by atoms with Gasteiger partial charge in [0.1, 0.15) is 11.8 Å². The number of benzene rings is 2. The molecule has 3 heterocycles. The normalized spacial score (nSPS) is 25.7. The van der Waals surface area contributed by atoms with Crippen molar-refractivity contribution in [1.29, 1.82) is 0 Å². The number of hydrogen-bond donors (Lipinski definition) is 0. The molecule has 0 aliphatic carbocycles. The Morgan fingerprint density at radius 2 is 2.00 bits per heavy atom. The second-order valence-corrected chi connectivity index (χ2v) is 7.49. The van der Waals surface area contributed by atoms with Gasteiger partial charge in [-0.05, 0) is 49.1 Å². The van der Waals surface area contributed by atoms with E-state index in [1.165, 1.54) is 0 Å². The van der Waals surface area contributed by atoms with Crippen LogP contribution in [0, 0.1) is 6.92 Å². The van der Waals surface area contributed by atoms with E-state index < -0.39 is 6.10 Å². The molecule has 2 saturated heterocycles. The summed E-state index contributed by atoms with van der Waals surface area (Å²) in [6, 6.07) is 13.4. The van der Waals surface area contributed by atoms with E-state index in [9.17, 15) is 4.79 Å². The summed E-state index contributed by atoms with van der Waals surface area (Å²) in [5.74, 6) is 2.18. The highest BCUT2D eigenvalue weighted by atomic mass is 16.7. The highest BCUT2D eigenvalue weighted by Gasteiger charge is 2.51. The lowest BCUT2D eigenvalue weighted by Crippen LogP contribution is -2.62. The van der Waals surface area contributed by atoms with E-state index in [1.807, 2.05) is 54.3 Å². The molecule has 0 unspecified atom stereocenters. The minimum Gasteiger partial charge on any atom is -0.478 e. The van der Waals surface area contributed by atoms with Gasteiger partial charge < -0.3 is 23.8 Å². The Bertz CT molecular complexity index is 892. The maximum atomic E-state index is 13.0. The van der Waals surface area contributed by atoms with E-state index in [-0.39, 0.29) is 24.8 Å². The number of β-lactam (4-membered cyclic amide) rings is 1. The van der Waals surface area contributed by atoms with Crippen LogP contribution in [0.1, 0.15) is 30.0 Å². The summed E-state index contributed by atoms with van der Waals surface area (Å²) in [5.41, 5.74) is 2.00. The quantitative estimate of drug-likeness (QED) is 0.745. The third-order valence-corrected chi connectivity index (χ3v) is 5.66. The van der Waals surface area contributed by atoms with E-state index in [4.69, 9.17) is 18.9 Å². The Kier molecular flexibility index (Phi) is 4.36. The van der Waals surface area contributed by atoms with Gasteiger partial charge in [0, 0.05) is 13.2 Å². The second kappa shape index (κ2) is 7.02. The Balaban J connectivity index is 1.43. The molecule has 6 heteroatoms.